The number of nitrogens with two attached hydrogens (primary N) is 1. The fourth-order valence-electron chi connectivity index (χ4n) is 0.759. The van der Waals surface area contributed by atoms with Crippen LogP contribution in [0.2, 0.25) is 0 Å². The molecule has 0 aromatic carbocycles. The molecule has 3 N–H and O–H groups in total. The SMILES string of the molecule is CCC(C)(C)N(C)CC(N)=NO. The van der Waals surface area contributed by atoms with Crippen molar-refractivity contribution in [3.8, 4) is 0 Å². The zero-order valence-electron chi connectivity index (χ0n) is 8.33. The van der Waals surface area contributed by atoms with Crippen LogP contribution in [0.15, 0.2) is 5.16 Å². The first kappa shape index (κ1) is 11.2. The first-order valence-electron chi connectivity index (χ1n) is 4.11. The minimum Gasteiger partial charge on any atom is -0.409 e. The normalized spacial score (nSPS) is 13.9. The van der Waals surface area contributed by atoms with Gasteiger partial charge < -0.3 is 10.9 Å². The van der Waals surface area contributed by atoms with Crippen molar-refractivity contribution in [3.63, 3.8) is 0 Å². The fourth-order valence-corrected chi connectivity index (χ4v) is 0.759. The van der Waals surface area contributed by atoms with Crippen molar-refractivity contribution < 1.29 is 5.21 Å². The summed E-state index contributed by atoms with van der Waals surface area (Å²) in [6.07, 6.45) is 1.03. The van der Waals surface area contributed by atoms with Crippen LogP contribution in [0.5, 0.6) is 0 Å². The van der Waals surface area contributed by atoms with Gasteiger partial charge in [0.05, 0.1) is 6.54 Å². The van der Waals surface area contributed by atoms with E-state index in [-0.39, 0.29) is 11.4 Å². The summed E-state index contributed by atoms with van der Waals surface area (Å²) in [6, 6.07) is 0. The Bertz CT molecular complexity index is 166. The molecular formula is C8H19N3O. The van der Waals surface area contributed by atoms with Gasteiger partial charge in [0, 0.05) is 5.54 Å². The van der Waals surface area contributed by atoms with E-state index in [9.17, 15) is 0 Å². The van der Waals surface area contributed by atoms with E-state index in [4.69, 9.17) is 10.9 Å². The second kappa shape index (κ2) is 4.30. The van der Waals surface area contributed by atoms with Crippen LogP contribution in [0.3, 0.4) is 0 Å². The van der Waals surface area contributed by atoms with Crippen molar-refractivity contribution in [1.29, 1.82) is 0 Å². The molecule has 0 fully saturated rings. The van der Waals surface area contributed by atoms with E-state index < -0.39 is 0 Å². The molecule has 0 radical (unpaired) electrons. The van der Waals surface area contributed by atoms with E-state index in [2.05, 4.69) is 30.8 Å². The van der Waals surface area contributed by atoms with Crippen LogP contribution in [0.4, 0.5) is 0 Å². The Morgan fingerprint density at radius 3 is 2.42 bits per heavy atom. The number of amidine groups is 1. The predicted octanol–water partition coefficient (Wildman–Crippen LogP) is 0.853. The van der Waals surface area contributed by atoms with Gasteiger partial charge in [-0.2, -0.15) is 0 Å². The Balaban J connectivity index is 4.12. The maximum atomic E-state index is 8.36. The molecule has 72 valence electrons. The molecule has 0 atom stereocenters. The van der Waals surface area contributed by atoms with E-state index in [1.54, 1.807) is 0 Å². The Hall–Kier alpha value is -0.770. The number of hydrogen-bond donors (Lipinski definition) is 2. The van der Waals surface area contributed by atoms with E-state index in [0.29, 0.717) is 6.54 Å². The van der Waals surface area contributed by atoms with Crippen LogP contribution in [0, 0.1) is 0 Å². The molecule has 0 aliphatic heterocycles. The molecule has 0 aromatic heterocycles. The predicted molar refractivity (Wildman–Crippen MR) is 50.4 cm³/mol. The molecule has 0 unspecified atom stereocenters. The van der Waals surface area contributed by atoms with Gasteiger partial charge in [0.1, 0.15) is 0 Å². The van der Waals surface area contributed by atoms with Gasteiger partial charge in [-0.25, -0.2) is 0 Å². The van der Waals surface area contributed by atoms with E-state index in [1.165, 1.54) is 0 Å². The van der Waals surface area contributed by atoms with Crippen molar-refractivity contribution in [2.75, 3.05) is 13.6 Å². The highest BCUT2D eigenvalue weighted by molar-refractivity contribution is 5.81. The quantitative estimate of drug-likeness (QED) is 0.287. The van der Waals surface area contributed by atoms with Gasteiger partial charge in [-0.05, 0) is 27.3 Å². The van der Waals surface area contributed by atoms with Gasteiger partial charge in [-0.15, -0.1) is 0 Å². The highest BCUT2D eigenvalue weighted by atomic mass is 16.4. The smallest absolute Gasteiger partial charge is 0.153 e. The molecular weight excluding hydrogens is 154 g/mol. The highest BCUT2D eigenvalue weighted by Gasteiger charge is 2.21. The summed E-state index contributed by atoms with van der Waals surface area (Å²) in [5, 5.41) is 11.3. The van der Waals surface area contributed by atoms with Crippen LogP contribution in [0.25, 0.3) is 0 Å². The Morgan fingerprint density at radius 2 is 2.08 bits per heavy atom. The lowest BCUT2D eigenvalue weighted by molar-refractivity contribution is 0.171. The molecule has 0 saturated heterocycles. The van der Waals surface area contributed by atoms with Gasteiger partial charge in [-0.1, -0.05) is 12.1 Å². The molecule has 0 amide bonds. The summed E-state index contributed by atoms with van der Waals surface area (Å²) >= 11 is 0. The molecule has 0 aliphatic rings. The van der Waals surface area contributed by atoms with Gasteiger partial charge in [0.25, 0.3) is 0 Å². The molecule has 0 aromatic rings. The number of hydrogen-bond acceptors (Lipinski definition) is 3. The molecule has 4 nitrogen and oxygen atoms in total. The van der Waals surface area contributed by atoms with Crippen molar-refractivity contribution in [2.24, 2.45) is 10.9 Å². The molecule has 0 rings (SSSR count). The average Bonchev–Trinajstić information content (AvgIpc) is 2.04. The third kappa shape index (κ3) is 3.09. The van der Waals surface area contributed by atoms with Crippen molar-refractivity contribution in [3.05, 3.63) is 0 Å². The highest BCUT2D eigenvalue weighted by Crippen LogP contribution is 2.15. The molecule has 0 aliphatic carbocycles. The van der Waals surface area contributed by atoms with E-state index in [1.807, 2.05) is 7.05 Å². The van der Waals surface area contributed by atoms with Gasteiger partial charge in [-0.3, -0.25) is 4.90 Å². The number of nitrogens with zero attached hydrogens (tertiary/aromatic N) is 2. The Labute approximate surface area is 74.0 Å². The second-order valence-corrected chi connectivity index (χ2v) is 3.61. The maximum absolute atomic E-state index is 8.36. The van der Waals surface area contributed by atoms with Gasteiger partial charge in [0.15, 0.2) is 5.84 Å². The Morgan fingerprint density at radius 1 is 1.58 bits per heavy atom. The monoisotopic (exact) mass is 173 g/mol. The molecule has 0 heterocycles. The molecule has 12 heavy (non-hydrogen) atoms. The Kier molecular flexibility index (Phi) is 4.03. The van der Waals surface area contributed by atoms with Crippen LogP contribution >= 0.6 is 0 Å². The third-order valence-corrected chi connectivity index (χ3v) is 2.43. The zero-order chi connectivity index (χ0) is 9.78. The topological polar surface area (TPSA) is 61.8 Å². The second-order valence-electron chi connectivity index (χ2n) is 3.61. The summed E-state index contributed by atoms with van der Waals surface area (Å²) in [7, 11) is 1.96. The number of rotatable bonds is 4. The number of likely N-dealkylation sites (N-methyl/N-ethyl adjacent to an activating group) is 1. The molecule has 0 spiro atoms. The lowest BCUT2D eigenvalue weighted by atomic mass is 10.0. The van der Waals surface area contributed by atoms with Crippen molar-refractivity contribution in [1.82, 2.24) is 4.90 Å². The van der Waals surface area contributed by atoms with Crippen LogP contribution in [-0.2, 0) is 0 Å². The first-order chi connectivity index (χ1) is 5.44. The van der Waals surface area contributed by atoms with Crippen LogP contribution in [-0.4, -0.2) is 35.1 Å². The minimum absolute atomic E-state index is 0.0926. The minimum atomic E-state index is 0.0926. The third-order valence-electron chi connectivity index (χ3n) is 2.43. The van der Waals surface area contributed by atoms with Crippen molar-refractivity contribution >= 4 is 5.84 Å². The largest absolute Gasteiger partial charge is 0.409 e. The standard InChI is InChI=1S/C8H19N3O/c1-5-8(2,3)11(4)6-7(9)10-12/h12H,5-6H2,1-4H3,(H2,9,10). The summed E-state index contributed by atoms with van der Waals surface area (Å²) in [4.78, 5) is 2.06. The lowest BCUT2D eigenvalue weighted by Crippen LogP contribution is -2.45. The van der Waals surface area contributed by atoms with Crippen LogP contribution < -0.4 is 5.73 Å². The summed E-state index contributed by atoms with van der Waals surface area (Å²) in [5.74, 6) is 0.249. The molecule has 4 heteroatoms. The van der Waals surface area contributed by atoms with E-state index in [0.717, 1.165) is 6.42 Å². The zero-order valence-corrected chi connectivity index (χ0v) is 8.33. The van der Waals surface area contributed by atoms with Crippen molar-refractivity contribution in [2.45, 2.75) is 32.7 Å². The first-order valence-corrected chi connectivity index (χ1v) is 4.11. The fraction of sp³-hybridized carbons (Fsp3) is 0.875. The maximum Gasteiger partial charge on any atom is 0.153 e. The summed E-state index contributed by atoms with van der Waals surface area (Å²) in [6.45, 7) is 6.86. The summed E-state index contributed by atoms with van der Waals surface area (Å²) < 4.78 is 0. The molecule has 0 saturated carbocycles. The summed E-state index contributed by atoms with van der Waals surface area (Å²) in [5.41, 5.74) is 5.48. The van der Waals surface area contributed by atoms with Gasteiger partial charge >= 0.3 is 0 Å². The van der Waals surface area contributed by atoms with Gasteiger partial charge in [0.2, 0.25) is 0 Å². The lowest BCUT2D eigenvalue weighted by Gasteiger charge is -2.34. The van der Waals surface area contributed by atoms with Crippen LogP contribution in [0.1, 0.15) is 27.2 Å². The number of oxime groups is 1. The molecule has 0 bridgehead atoms. The average molecular weight is 173 g/mol. The van der Waals surface area contributed by atoms with E-state index >= 15 is 0 Å².